The molecule has 0 saturated heterocycles. The molecular weight excluding hydrogens is 274 g/mol. The molecule has 0 aromatic heterocycles. The maximum Gasteiger partial charge on any atom is 0.225 e. The molecular formula is C15H21NO3S. The molecule has 0 aliphatic carbocycles. The molecule has 5 heteroatoms. The highest BCUT2D eigenvalue weighted by molar-refractivity contribution is 7.91. The molecule has 1 aliphatic rings. The van der Waals surface area contributed by atoms with E-state index in [1.54, 1.807) is 12.1 Å². The summed E-state index contributed by atoms with van der Waals surface area (Å²) in [5, 5.41) is 2.88. The van der Waals surface area contributed by atoms with E-state index in [9.17, 15) is 13.2 Å². The van der Waals surface area contributed by atoms with Crippen molar-refractivity contribution in [1.29, 1.82) is 0 Å². The second-order valence-electron chi connectivity index (χ2n) is 6.30. The normalized spacial score (nSPS) is 17.4. The first-order valence-electron chi connectivity index (χ1n) is 6.83. The molecule has 1 amide bonds. The fourth-order valence-electron chi connectivity index (χ4n) is 2.25. The van der Waals surface area contributed by atoms with E-state index in [0.29, 0.717) is 17.9 Å². The predicted molar refractivity (Wildman–Crippen MR) is 78.1 cm³/mol. The quantitative estimate of drug-likeness (QED) is 0.908. The van der Waals surface area contributed by atoms with E-state index in [1.807, 2.05) is 26.8 Å². The third-order valence-electron chi connectivity index (χ3n) is 3.45. The highest BCUT2D eigenvalue weighted by atomic mass is 32.2. The lowest BCUT2D eigenvalue weighted by Gasteiger charge is -2.19. The largest absolute Gasteiger partial charge is 0.352 e. The van der Waals surface area contributed by atoms with Gasteiger partial charge in [-0.1, -0.05) is 32.9 Å². The second-order valence-corrected chi connectivity index (χ2v) is 8.37. The van der Waals surface area contributed by atoms with Gasteiger partial charge in [-0.3, -0.25) is 4.79 Å². The smallest absolute Gasteiger partial charge is 0.225 e. The Kier molecular flexibility index (Phi) is 3.91. The number of aryl methyl sites for hydroxylation is 1. The summed E-state index contributed by atoms with van der Waals surface area (Å²) < 4.78 is 23.8. The molecule has 2 rings (SSSR count). The standard InChI is InChI=1S/C15H21NO3S/c1-15(2,3)14(17)16-10-11-6-7-13-12(9-11)5-4-8-20(13,18)19/h6-7,9H,4-5,8,10H2,1-3H3,(H,16,17). The van der Waals surface area contributed by atoms with Gasteiger partial charge in [0.25, 0.3) is 0 Å². The Hall–Kier alpha value is -1.36. The molecule has 110 valence electrons. The molecule has 0 unspecified atom stereocenters. The second kappa shape index (κ2) is 5.20. The van der Waals surface area contributed by atoms with Gasteiger partial charge in [-0.2, -0.15) is 0 Å². The summed E-state index contributed by atoms with van der Waals surface area (Å²) in [5.74, 6) is 0.225. The number of carbonyl (C=O) groups is 1. The first-order valence-corrected chi connectivity index (χ1v) is 8.48. The first-order chi connectivity index (χ1) is 9.20. The lowest BCUT2D eigenvalue weighted by molar-refractivity contribution is -0.128. The maximum atomic E-state index is 11.9. The number of rotatable bonds is 2. The highest BCUT2D eigenvalue weighted by Crippen LogP contribution is 2.26. The van der Waals surface area contributed by atoms with E-state index in [0.717, 1.165) is 17.5 Å². The Morgan fingerprint density at radius 1 is 1.30 bits per heavy atom. The van der Waals surface area contributed by atoms with E-state index >= 15 is 0 Å². The minimum atomic E-state index is -3.10. The van der Waals surface area contributed by atoms with Crippen LogP contribution in [-0.4, -0.2) is 20.1 Å². The zero-order chi connectivity index (χ0) is 15.0. The van der Waals surface area contributed by atoms with Crippen LogP contribution < -0.4 is 5.32 Å². The van der Waals surface area contributed by atoms with Gasteiger partial charge in [0.05, 0.1) is 10.6 Å². The SMILES string of the molecule is CC(C)(C)C(=O)NCc1ccc2c(c1)CCCS2(=O)=O. The van der Waals surface area contributed by atoms with Crippen LogP contribution in [0.3, 0.4) is 0 Å². The Balaban J connectivity index is 2.15. The van der Waals surface area contributed by atoms with Crippen LogP contribution in [0.2, 0.25) is 0 Å². The van der Waals surface area contributed by atoms with Crippen molar-refractivity contribution >= 4 is 15.7 Å². The van der Waals surface area contributed by atoms with Gasteiger partial charge in [-0.25, -0.2) is 8.42 Å². The molecule has 0 atom stereocenters. The number of fused-ring (bicyclic) bond motifs is 1. The molecule has 1 heterocycles. The van der Waals surface area contributed by atoms with Crippen molar-refractivity contribution < 1.29 is 13.2 Å². The Labute approximate surface area is 120 Å². The molecule has 0 spiro atoms. The van der Waals surface area contributed by atoms with Gasteiger partial charge in [0.15, 0.2) is 9.84 Å². The number of nitrogens with one attached hydrogen (secondary N) is 1. The third kappa shape index (κ3) is 3.20. The molecule has 0 bridgehead atoms. The van der Waals surface area contributed by atoms with Gasteiger partial charge < -0.3 is 5.32 Å². The molecule has 1 aromatic carbocycles. The molecule has 0 fully saturated rings. The summed E-state index contributed by atoms with van der Waals surface area (Å²) in [7, 11) is -3.10. The predicted octanol–water partition coefficient (Wildman–Crippen LogP) is 2.07. The van der Waals surface area contributed by atoms with Gasteiger partial charge in [-0.05, 0) is 30.0 Å². The minimum absolute atomic E-state index is 0.0113. The van der Waals surface area contributed by atoms with Crippen molar-refractivity contribution in [1.82, 2.24) is 5.32 Å². The molecule has 0 saturated carbocycles. The van der Waals surface area contributed by atoms with Crippen LogP contribution in [-0.2, 0) is 27.6 Å². The van der Waals surface area contributed by atoms with Gasteiger partial charge >= 0.3 is 0 Å². The van der Waals surface area contributed by atoms with Crippen molar-refractivity contribution in [2.75, 3.05) is 5.75 Å². The number of carbonyl (C=O) groups excluding carboxylic acids is 1. The fraction of sp³-hybridized carbons (Fsp3) is 0.533. The van der Waals surface area contributed by atoms with Crippen LogP contribution in [0.5, 0.6) is 0 Å². The molecule has 0 radical (unpaired) electrons. The van der Waals surface area contributed by atoms with E-state index < -0.39 is 15.3 Å². The number of hydrogen-bond donors (Lipinski definition) is 1. The van der Waals surface area contributed by atoms with Gasteiger partial charge in [0.2, 0.25) is 5.91 Å². The third-order valence-corrected chi connectivity index (χ3v) is 5.35. The van der Waals surface area contributed by atoms with Crippen molar-refractivity contribution in [3.05, 3.63) is 29.3 Å². The number of sulfone groups is 1. The van der Waals surface area contributed by atoms with Crippen molar-refractivity contribution in [3.8, 4) is 0 Å². The number of hydrogen-bond acceptors (Lipinski definition) is 3. The monoisotopic (exact) mass is 295 g/mol. The Bertz CT molecular complexity index is 627. The van der Waals surface area contributed by atoms with Crippen LogP contribution in [0.1, 0.15) is 38.3 Å². The zero-order valence-corrected chi connectivity index (χ0v) is 13.0. The molecule has 1 N–H and O–H groups in total. The van der Waals surface area contributed by atoms with E-state index in [2.05, 4.69) is 5.32 Å². The van der Waals surface area contributed by atoms with E-state index in [4.69, 9.17) is 0 Å². The minimum Gasteiger partial charge on any atom is -0.352 e. The van der Waals surface area contributed by atoms with Crippen LogP contribution in [0.4, 0.5) is 0 Å². The summed E-state index contributed by atoms with van der Waals surface area (Å²) in [5.41, 5.74) is 1.40. The summed E-state index contributed by atoms with van der Waals surface area (Å²) in [6.45, 7) is 6.02. The first kappa shape index (κ1) is 15.0. The van der Waals surface area contributed by atoms with Crippen LogP contribution in [0, 0.1) is 5.41 Å². The van der Waals surface area contributed by atoms with Crippen molar-refractivity contribution in [2.24, 2.45) is 5.41 Å². The number of benzene rings is 1. The van der Waals surface area contributed by atoms with Crippen molar-refractivity contribution in [2.45, 2.75) is 45.1 Å². The topological polar surface area (TPSA) is 63.2 Å². The summed E-state index contributed by atoms with van der Waals surface area (Å²) in [6, 6.07) is 5.35. The molecule has 4 nitrogen and oxygen atoms in total. The van der Waals surface area contributed by atoms with E-state index in [-0.39, 0.29) is 11.7 Å². The van der Waals surface area contributed by atoms with Crippen molar-refractivity contribution in [3.63, 3.8) is 0 Å². The molecule has 1 aliphatic heterocycles. The average molecular weight is 295 g/mol. The van der Waals surface area contributed by atoms with Gasteiger partial charge in [-0.15, -0.1) is 0 Å². The van der Waals surface area contributed by atoms with Crippen LogP contribution >= 0.6 is 0 Å². The van der Waals surface area contributed by atoms with E-state index in [1.165, 1.54) is 0 Å². The van der Waals surface area contributed by atoms with Gasteiger partial charge in [0.1, 0.15) is 0 Å². The van der Waals surface area contributed by atoms with Gasteiger partial charge in [0, 0.05) is 12.0 Å². The Morgan fingerprint density at radius 3 is 2.65 bits per heavy atom. The summed E-state index contributed by atoms with van der Waals surface area (Å²) in [6.07, 6.45) is 1.46. The zero-order valence-electron chi connectivity index (χ0n) is 12.2. The Morgan fingerprint density at radius 2 is 2.00 bits per heavy atom. The fourth-order valence-corrected chi connectivity index (χ4v) is 3.83. The molecule has 20 heavy (non-hydrogen) atoms. The van der Waals surface area contributed by atoms with Crippen LogP contribution in [0.25, 0.3) is 0 Å². The number of amides is 1. The van der Waals surface area contributed by atoms with Crippen LogP contribution in [0.15, 0.2) is 23.1 Å². The molecule has 1 aromatic rings. The lowest BCUT2D eigenvalue weighted by Crippen LogP contribution is -2.34. The summed E-state index contributed by atoms with van der Waals surface area (Å²) >= 11 is 0. The maximum absolute atomic E-state index is 11.9. The summed E-state index contributed by atoms with van der Waals surface area (Å²) in [4.78, 5) is 12.3. The lowest BCUT2D eigenvalue weighted by atomic mass is 9.95. The average Bonchev–Trinajstić information content (AvgIpc) is 2.34. The highest BCUT2D eigenvalue weighted by Gasteiger charge is 2.24.